The van der Waals surface area contributed by atoms with Gasteiger partial charge in [-0.25, -0.2) is 4.98 Å². The third kappa shape index (κ3) is 2.53. The van der Waals surface area contributed by atoms with Crippen LogP contribution in [-0.2, 0) is 6.54 Å². The lowest BCUT2D eigenvalue weighted by atomic mass is 10.2. The minimum atomic E-state index is -0.0119. The molecule has 0 aliphatic heterocycles. The first-order chi connectivity index (χ1) is 8.22. The average Bonchev–Trinajstić information content (AvgIpc) is 2.33. The van der Waals surface area contributed by atoms with Gasteiger partial charge >= 0.3 is 0 Å². The molecule has 0 saturated heterocycles. The maximum Gasteiger partial charge on any atom is 0.261 e. The summed E-state index contributed by atoms with van der Waals surface area (Å²) in [5.74, 6) is 0. The molecular formula is C13H17N3O. The van der Waals surface area contributed by atoms with Gasteiger partial charge in [0.2, 0.25) is 0 Å². The van der Waals surface area contributed by atoms with Crippen LogP contribution >= 0.6 is 0 Å². The normalized spacial score (nSPS) is 12.8. The Morgan fingerprint density at radius 1 is 1.41 bits per heavy atom. The summed E-state index contributed by atoms with van der Waals surface area (Å²) in [6.45, 7) is 2.62. The van der Waals surface area contributed by atoms with Crippen LogP contribution in [-0.4, -0.2) is 15.6 Å². The number of aromatic nitrogens is 2. The van der Waals surface area contributed by atoms with Crippen LogP contribution in [0.1, 0.15) is 19.8 Å². The standard InChI is InChI=1S/C13H17N3O/c1-2-5-10(14)8-16-9-15-12-7-4-3-6-11(12)13(16)17/h3-4,6-7,9-10H,2,5,8,14H2,1H3. The largest absolute Gasteiger partial charge is 0.326 e. The molecule has 17 heavy (non-hydrogen) atoms. The predicted octanol–water partition coefficient (Wildman–Crippen LogP) is 1.52. The van der Waals surface area contributed by atoms with Crippen LogP contribution in [0.15, 0.2) is 35.4 Å². The van der Waals surface area contributed by atoms with E-state index in [1.54, 1.807) is 17.0 Å². The van der Waals surface area contributed by atoms with E-state index >= 15 is 0 Å². The van der Waals surface area contributed by atoms with E-state index in [2.05, 4.69) is 11.9 Å². The highest BCUT2D eigenvalue weighted by atomic mass is 16.1. The molecule has 0 aliphatic carbocycles. The zero-order chi connectivity index (χ0) is 12.3. The Balaban J connectivity index is 2.36. The van der Waals surface area contributed by atoms with E-state index in [9.17, 15) is 4.79 Å². The van der Waals surface area contributed by atoms with Crippen molar-refractivity contribution in [1.29, 1.82) is 0 Å². The highest BCUT2D eigenvalue weighted by Gasteiger charge is 2.06. The van der Waals surface area contributed by atoms with Gasteiger partial charge in [-0.1, -0.05) is 25.5 Å². The molecule has 1 unspecified atom stereocenters. The van der Waals surface area contributed by atoms with Crippen molar-refractivity contribution in [2.24, 2.45) is 5.73 Å². The summed E-state index contributed by atoms with van der Waals surface area (Å²) < 4.78 is 1.60. The van der Waals surface area contributed by atoms with Gasteiger partial charge in [-0.15, -0.1) is 0 Å². The summed E-state index contributed by atoms with van der Waals surface area (Å²) in [6, 6.07) is 7.38. The highest BCUT2D eigenvalue weighted by Crippen LogP contribution is 2.05. The Hall–Kier alpha value is -1.68. The molecule has 2 N–H and O–H groups in total. The van der Waals surface area contributed by atoms with Crippen LogP contribution in [0.4, 0.5) is 0 Å². The number of hydrogen-bond acceptors (Lipinski definition) is 3. The van der Waals surface area contributed by atoms with Gasteiger partial charge in [-0.3, -0.25) is 9.36 Å². The molecule has 1 heterocycles. The molecule has 0 radical (unpaired) electrons. The maximum absolute atomic E-state index is 12.1. The molecule has 1 atom stereocenters. The SMILES string of the molecule is CCCC(N)Cn1cnc2ccccc2c1=O. The van der Waals surface area contributed by atoms with Crippen molar-refractivity contribution in [3.8, 4) is 0 Å². The minimum Gasteiger partial charge on any atom is -0.326 e. The smallest absolute Gasteiger partial charge is 0.261 e. The molecule has 2 rings (SSSR count). The van der Waals surface area contributed by atoms with Gasteiger partial charge in [0.05, 0.1) is 17.2 Å². The van der Waals surface area contributed by atoms with Gasteiger partial charge in [0, 0.05) is 12.6 Å². The lowest BCUT2D eigenvalue weighted by molar-refractivity contribution is 0.502. The number of benzene rings is 1. The van der Waals surface area contributed by atoms with Crippen molar-refractivity contribution in [3.05, 3.63) is 40.9 Å². The van der Waals surface area contributed by atoms with Crippen LogP contribution < -0.4 is 11.3 Å². The van der Waals surface area contributed by atoms with Gasteiger partial charge in [0.25, 0.3) is 5.56 Å². The third-order valence-electron chi connectivity index (χ3n) is 2.82. The molecule has 90 valence electrons. The van der Waals surface area contributed by atoms with Crippen molar-refractivity contribution in [1.82, 2.24) is 9.55 Å². The second-order valence-electron chi connectivity index (χ2n) is 4.27. The van der Waals surface area contributed by atoms with Crippen molar-refractivity contribution in [2.45, 2.75) is 32.4 Å². The van der Waals surface area contributed by atoms with Crippen LogP contribution in [0.2, 0.25) is 0 Å². The molecular weight excluding hydrogens is 214 g/mol. The fraction of sp³-hybridized carbons (Fsp3) is 0.385. The topological polar surface area (TPSA) is 60.9 Å². The Morgan fingerprint density at radius 2 is 2.18 bits per heavy atom. The van der Waals surface area contributed by atoms with E-state index in [-0.39, 0.29) is 11.6 Å². The highest BCUT2D eigenvalue weighted by molar-refractivity contribution is 5.76. The second-order valence-corrected chi connectivity index (χ2v) is 4.27. The first-order valence-electron chi connectivity index (χ1n) is 5.92. The number of fused-ring (bicyclic) bond motifs is 1. The second kappa shape index (κ2) is 5.10. The summed E-state index contributed by atoms with van der Waals surface area (Å²) in [5, 5.41) is 0.652. The summed E-state index contributed by atoms with van der Waals surface area (Å²) in [5.41, 5.74) is 6.66. The van der Waals surface area contributed by atoms with Gasteiger partial charge < -0.3 is 5.73 Å². The molecule has 1 aromatic carbocycles. The molecule has 0 aliphatic rings. The summed E-state index contributed by atoms with van der Waals surface area (Å²) in [4.78, 5) is 16.4. The Morgan fingerprint density at radius 3 is 2.94 bits per heavy atom. The fourth-order valence-electron chi connectivity index (χ4n) is 1.95. The van der Waals surface area contributed by atoms with Gasteiger partial charge in [0.1, 0.15) is 0 Å². The molecule has 4 nitrogen and oxygen atoms in total. The summed E-state index contributed by atoms with van der Waals surface area (Å²) in [7, 11) is 0. The lowest BCUT2D eigenvalue weighted by Gasteiger charge is -2.12. The summed E-state index contributed by atoms with van der Waals surface area (Å²) in [6.07, 6.45) is 3.52. The van der Waals surface area contributed by atoms with E-state index in [1.807, 2.05) is 18.2 Å². The Kier molecular flexibility index (Phi) is 3.54. The summed E-state index contributed by atoms with van der Waals surface area (Å²) >= 11 is 0. The van der Waals surface area contributed by atoms with Crippen LogP contribution in [0.5, 0.6) is 0 Å². The molecule has 4 heteroatoms. The average molecular weight is 231 g/mol. The Labute approximate surface area is 100 Å². The minimum absolute atomic E-state index is 0.0119. The van der Waals surface area contributed by atoms with Crippen molar-refractivity contribution < 1.29 is 0 Å². The zero-order valence-corrected chi connectivity index (χ0v) is 9.97. The van der Waals surface area contributed by atoms with Crippen molar-refractivity contribution in [3.63, 3.8) is 0 Å². The molecule has 0 saturated carbocycles. The number of hydrogen-bond donors (Lipinski definition) is 1. The lowest BCUT2D eigenvalue weighted by Crippen LogP contribution is -2.32. The zero-order valence-electron chi connectivity index (χ0n) is 9.97. The van der Waals surface area contributed by atoms with E-state index in [1.165, 1.54) is 0 Å². The molecule has 0 fully saturated rings. The third-order valence-corrected chi connectivity index (χ3v) is 2.82. The number of para-hydroxylation sites is 1. The number of nitrogens with two attached hydrogens (primary N) is 1. The van der Waals surface area contributed by atoms with Crippen molar-refractivity contribution in [2.75, 3.05) is 0 Å². The van der Waals surface area contributed by atoms with Crippen LogP contribution in [0, 0.1) is 0 Å². The molecule has 0 amide bonds. The van der Waals surface area contributed by atoms with Gasteiger partial charge in [-0.05, 0) is 18.6 Å². The van der Waals surface area contributed by atoms with Crippen LogP contribution in [0.3, 0.4) is 0 Å². The monoisotopic (exact) mass is 231 g/mol. The Bertz CT molecular complexity index is 562. The van der Waals surface area contributed by atoms with E-state index in [4.69, 9.17) is 5.73 Å². The van der Waals surface area contributed by atoms with E-state index < -0.39 is 0 Å². The molecule has 1 aromatic heterocycles. The molecule has 2 aromatic rings. The first-order valence-corrected chi connectivity index (χ1v) is 5.92. The first kappa shape index (κ1) is 11.8. The van der Waals surface area contributed by atoms with E-state index in [0.717, 1.165) is 18.4 Å². The van der Waals surface area contributed by atoms with Gasteiger partial charge in [-0.2, -0.15) is 0 Å². The van der Waals surface area contributed by atoms with E-state index in [0.29, 0.717) is 11.9 Å². The predicted molar refractivity (Wildman–Crippen MR) is 68.9 cm³/mol. The quantitative estimate of drug-likeness (QED) is 0.868. The van der Waals surface area contributed by atoms with Crippen LogP contribution in [0.25, 0.3) is 10.9 Å². The molecule has 0 spiro atoms. The molecule has 0 bridgehead atoms. The van der Waals surface area contributed by atoms with Crippen molar-refractivity contribution >= 4 is 10.9 Å². The number of nitrogens with zero attached hydrogens (tertiary/aromatic N) is 2. The maximum atomic E-state index is 12.1. The number of rotatable bonds is 4. The fourth-order valence-corrected chi connectivity index (χ4v) is 1.95. The van der Waals surface area contributed by atoms with Gasteiger partial charge in [0.15, 0.2) is 0 Å².